The summed E-state index contributed by atoms with van der Waals surface area (Å²) in [6.45, 7) is 4.17. The number of amides is 1. The zero-order valence-corrected chi connectivity index (χ0v) is 14.0. The van der Waals surface area contributed by atoms with Crippen molar-refractivity contribution < 1.29 is 4.79 Å². The van der Waals surface area contributed by atoms with Crippen LogP contribution in [-0.2, 0) is 0 Å². The van der Waals surface area contributed by atoms with Gasteiger partial charge in [0.2, 0.25) is 0 Å². The largest absolute Gasteiger partial charge is 0.332 e. The first-order valence-corrected chi connectivity index (χ1v) is 7.73. The molecule has 0 radical (unpaired) electrons. The van der Waals surface area contributed by atoms with Crippen LogP contribution in [0.25, 0.3) is 0 Å². The number of hydrogen-bond donors (Lipinski definition) is 2. The topological polar surface area (TPSA) is 41.1 Å². The second-order valence-electron chi connectivity index (χ2n) is 5.16. The molecule has 2 rings (SSSR count). The predicted molar refractivity (Wildman–Crippen MR) is 95.7 cm³/mol. The Bertz CT molecular complexity index is 686. The lowest BCUT2D eigenvalue weighted by molar-refractivity contribution is 0.0977. The molecule has 0 fully saturated rings. The van der Waals surface area contributed by atoms with Crippen molar-refractivity contribution in [2.75, 3.05) is 5.32 Å². The van der Waals surface area contributed by atoms with Crippen LogP contribution in [0.15, 0.2) is 48.5 Å². The zero-order valence-electron chi connectivity index (χ0n) is 12.4. The molecule has 114 valence electrons. The molecule has 0 aliphatic heterocycles. The zero-order chi connectivity index (χ0) is 16.1. The summed E-state index contributed by atoms with van der Waals surface area (Å²) in [5.41, 5.74) is 2.45. The van der Waals surface area contributed by atoms with Crippen LogP contribution in [-0.4, -0.2) is 11.0 Å². The third-order valence-electron chi connectivity index (χ3n) is 3.15. The molecule has 0 unspecified atom stereocenters. The number of benzene rings is 2. The van der Waals surface area contributed by atoms with E-state index in [0.717, 1.165) is 11.3 Å². The van der Waals surface area contributed by atoms with Gasteiger partial charge in [-0.1, -0.05) is 49.7 Å². The lowest BCUT2D eigenvalue weighted by atomic mass is 10.0. The molecule has 0 heterocycles. The van der Waals surface area contributed by atoms with Gasteiger partial charge in [-0.2, -0.15) is 0 Å². The van der Waals surface area contributed by atoms with E-state index in [1.165, 1.54) is 0 Å². The molecule has 0 saturated carbocycles. The number of anilines is 1. The summed E-state index contributed by atoms with van der Waals surface area (Å²) in [5.74, 6) is 0.0682. The van der Waals surface area contributed by atoms with Crippen molar-refractivity contribution in [3.05, 3.63) is 64.7 Å². The number of thiocarbonyl (C=S) groups is 1. The number of carbonyl (C=O) groups is 1. The Morgan fingerprint density at radius 1 is 1.14 bits per heavy atom. The van der Waals surface area contributed by atoms with Gasteiger partial charge in [0.1, 0.15) is 0 Å². The van der Waals surface area contributed by atoms with Crippen LogP contribution in [0.1, 0.15) is 35.7 Å². The summed E-state index contributed by atoms with van der Waals surface area (Å²) in [7, 11) is 0. The van der Waals surface area contributed by atoms with Crippen LogP contribution in [0, 0.1) is 0 Å². The summed E-state index contributed by atoms with van der Waals surface area (Å²) < 4.78 is 0. The quantitative estimate of drug-likeness (QED) is 0.808. The minimum absolute atomic E-state index is 0.244. The number of nitrogens with one attached hydrogen (secondary N) is 2. The van der Waals surface area contributed by atoms with Gasteiger partial charge in [-0.3, -0.25) is 10.1 Å². The Morgan fingerprint density at radius 3 is 2.45 bits per heavy atom. The highest BCUT2D eigenvalue weighted by atomic mass is 35.5. The number of carbonyl (C=O) groups excluding carboxylic acids is 1. The Kier molecular flexibility index (Phi) is 5.52. The van der Waals surface area contributed by atoms with Gasteiger partial charge in [0.15, 0.2) is 5.11 Å². The maximum Gasteiger partial charge on any atom is 0.257 e. The van der Waals surface area contributed by atoms with Crippen molar-refractivity contribution in [3.8, 4) is 0 Å². The standard InChI is InChI=1S/C17H17ClN2OS/c1-11(2)14-9-8-13(18)10-15(14)19-17(22)20-16(21)12-6-4-3-5-7-12/h3-11H,1-2H3,(H2,19,20,21,22). The first-order chi connectivity index (χ1) is 10.5. The van der Waals surface area contributed by atoms with Gasteiger partial charge in [0.05, 0.1) is 0 Å². The van der Waals surface area contributed by atoms with E-state index >= 15 is 0 Å². The fraction of sp³-hybridized carbons (Fsp3) is 0.176. The molecular formula is C17H17ClN2OS. The molecule has 0 aliphatic rings. The maximum atomic E-state index is 12.1. The predicted octanol–water partition coefficient (Wildman–Crippen LogP) is 4.59. The second kappa shape index (κ2) is 7.38. The van der Waals surface area contributed by atoms with Crippen LogP contribution >= 0.6 is 23.8 Å². The van der Waals surface area contributed by atoms with Gasteiger partial charge < -0.3 is 5.32 Å². The molecule has 5 heteroatoms. The lowest BCUT2D eigenvalue weighted by Crippen LogP contribution is -2.34. The average Bonchev–Trinajstić information content (AvgIpc) is 2.47. The SMILES string of the molecule is CC(C)c1ccc(Cl)cc1NC(=S)NC(=O)c1ccccc1. The van der Waals surface area contributed by atoms with Crippen molar-refractivity contribution in [2.45, 2.75) is 19.8 Å². The van der Waals surface area contributed by atoms with Gasteiger partial charge >= 0.3 is 0 Å². The van der Waals surface area contributed by atoms with Gasteiger partial charge in [0, 0.05) is 16.3 Å². The van der Waals surface area contributed by atoms with Crippen LogP contribution in [0.5, 0.6) is 0 Å². The van der Waals surface area contributed by atoms with Crippen molar-refractivity contribution in [1.29, 1.82) is 0 Å². The summed E-state index contributed by atoms with van der Waals surface area (Å²) in [5, 5.41) is 6.58. The average molecular weight is 333 g/mol. The van der Waals surface area contributed by atoms with E-state index in [0.29, 0.717) is 16.5 Å². The van der Waals surface area contributed by atoms with E-state index in [-0.39, 0.29) is 11.0 Å². The molecule has 0 saturated heterocycles. The molecule has 2 aromatic carbocycles. The summed E-state index contributed by atoms with van der Waals surface area (Å²) in [6, 6.07) is 14.5. The van der Waals surface area contributed by atoms with E-state index in [9.17, 15) is 4.79 Å². The van der Waals surface area contributed by atoms with Crippen LogP contribution in [0.2, 0.25) is 5.02 Å². The fourth-order valence-corrected chi connectivity index (χ4v) is 2.43. The summed E-state index contributed by atoms with van der Waals surface area (Å²) in [6.07, 6.45) is 0. The molecule has 0 bridgehead atoms. The Balaban J connectivity index is 2.09. The summed E-state index contributed by atoms with van der Waals surface area (Å²) >= 11 is 11.3. The molecule has 1 amide bonds. The molecule has 0 aliphatic carbocycles. The third kappa shape index (κ3) is 4.29. The van der Waals surface area contributed by atoms with Crippen molar-refractivity contribution >= 4 is 40.5 Å². The minimum atomic E-state index is -0.244. The molecule has 0 spiro atoms. The smallest absolute Gasteiger partial charge is 0.257 e. The monoisotopic (exact) mass is 332 g/mol. The highest BCUT2D eigenvalue weighted by molar-refractivity contribution is 7.80. The van der Waals surface area contributed by atoms with Crippen molar-refractivity contribution in [1.82, 2.24) is 5.32 Å². The van der Waals surface area contributed by atoms with Crippen LogP contribution in [0.3, 0.4) is 0 Å². The van der Waals surface area contributed by atoms with Crippen LogP contribution < -0.4 is 10.6 Å². The van der Waals surface area contributed by atoms with Gasteiger partial charge in [-0.15, -0.1) is 0 Å². The van der Waals surface area contributed by atoms with Crippen molar-refractivity contribution in [2.24, 2.45) is 0 Å². The second-order valence-corrected chi connectivity index (χ2v) is 6.01. The Morgan fingerprint density at radius 2 is 1.82 bits per heavy atom. The molecule has 3 nitrogen and oxygen atoms in total. The van der Waals surface area contributed by atoms with E-state index in [4.69, 9.17) is 23.8 Å². The number of hydrogen-bond acceptors (Lipinski definition) is 2. The lowest BCUT2D eigenvalue weighted by Gasteiger charge is -2.16. The first-order valence-electron chi connectivity index (χ1n) is 6.94. The molecule has 2 aromatic rings. The fourth-order valence-electron chi connectivity index (χ4n) is 2.06. The van der Waals surface area contributed by atoms with E-state index in [2.05, 4.69) is 24.5 Å². The number of halogens is 1. The normalized spacial score (nSPS) is 10.4. The first kappa shape index (κ1) is 16.5. The van der Waals surface area contributed by atoms with E-state index < -0.39 is 0 Å². The van der Waals surface area contributed by atoms with E-state index in [1.54, 1.807) is 30.3 Å². The highest BCUT2D eigenvalue weighted by Crippen LogP contribution is 2.27. The Hall–Kier alpha value is -1.91. The molecule has 0 atom stereocenters. The molecule has 2 N–H and O–H groups in total. The van der Waals surface area contributed by atoms with E-state index in [1.807, 2.05) is 18.2 Å². The van der Waals surface area contributed by atoms with Gasteiger partial charge in [-0.05, 0) is 48.0 Å². The van der Waals surface area contributed by atoms with Crippen molar-refractivity contribution in [3.63, 3.8) is 0 Å². The molecule has 0 aromatic heterocycles. The Labute approximate surface area is 140 Å². The molecular weight excluding hydrogens is 316 g/mol. The van der Waals surface area contributed by atoms with Crippen LogP contribution in [0.4, 0.5) is 5.69 Å². The van der Waals surface area contributed by atoms with Gasteiger partial charge in [-0.25, -0.2) is 0 Å². The maximum absolute atomic E-state index is 12.1. The number of rotatable bonds is 3. The third-order valence-corrected chi connectivity index (χ3v) is 3.59. The summed E-state index contributed by atoms with van der Waals surface area (Å²) in [4.78, 5) is 12.1. The minimum Gasteiger partial charge on any atom is -0.332 e. The highest BCUT2D eigenvalue weighted by Gasteiger charge is 2.11. The van der Waals surface area contributed by atoms with Gasteiger partial charge in [0.25, 0.3) is 5.91 Å². The molecule has 22 heavy (non-hydrogen) atoms.